The van der Waals surface area contributed by atoms with Crippen LogP contribution in [0.25, 0.3) is 0 Å². The summed E-state index contributed by atoms with van der Waals surface area (Å²) in [6.45, 7) is 8.72. The van der Waals surface area contributed by atoms with Crippen molar-refractivity contribution < 1.29 is 9.47 Å². The third-order valence-corrected chi connectivity index (χ3v) is 2.94. The predicted octanol–water partition coefficient (Wildman–Crippen LogP) is 3.08. The average Bonchev–Trinajstić information content (AvgIpc) is 2.38. The highest BCUT2D eigenvalue weighted by molar-refractivity contribution is 5.37. The Hall–Kier alpha value is -1.06. The van der Waals surface area contributed by atoms with Gasteiger partial charge in [0.1, 0.15) is 12.4 Å². The summed E-state index contributed by atoms with van der Waals surface area (Å²) in [5.74, 6) is 0.943. The summed E-state index contributed by atoms with van der Waals surface area (Å²) in [4.78, 5) is 0. The van der Waals surface area contributed by atoms with Crippen LogP contribution in [0.15, 0.2) is 18.2 Å². The molecule has 0 spiro atoms. The molecule has 0 heterocycles. The fraction of sp³-hybridized carbons (Fsp3) is 0.600. The van der Waals surface area contributed by atoms with E-state index in [1.54, 1.807) is 7.11 Å². The van der Waals surface area contributed by atoms with Crippen molar-refractivity contribution in [3.8, 4) is 5.75 Å². The fourth-order valence-electron chi connectivity index (χ4n) is 1.82. The maximum Gasteiger partial charge on any atom is 0.122 e. The summed E-state index contributed by atoms with van der Waals surface area (Å²) in [6.07, 6.45) is 1.15. The van der Waals surface area contributed by atoms with Crippen molar-refractivity contribution >= 4 is 0 Å². The van der Waals surface area contributed by atoms with Gasteiger partial charge in [-0.05, 0) is 44.0 Å². The Morgan fingerprint density at radius 3 is 2.67 bits per heavy atom. The molecule has 0 saturated heterocycles. The van der Waals surface area contributed by atoms with Gasteiger partial charge in [-0.25, -0.2) is 0 Å². The number of hydrogen-bond acceptors (Lipinski definition) is 3. The van der Waals surface area contributed by atoms with Crippen LogP contribution in [0.5, 0.6) is 5.75 Å². The molecule has 3 heteroatoms. The van der Waals surface area contributed by atoms with Crippen LogP contribution in [0.4, 0.5) is 0 Å². The summed E-state index contributed by atoms with van der Waals surface area (Å²) in [5, 5.41) is 3.49. The highest BCUT2D eigenvalue weighted by Crippen LogP contribution is 2.22. The molecule has 1 aromatic carbocycles. The van der Waals surface area contributed by atoms with E-state index in [0.717, 1.165) is 18.7 Å². The lowest BCUT2D eigenvalue weighted by Crippen LogP contribution is -2.19. The summed E-state index contributed by atoms with van der Waals surface area (Å²) in [7, 11) is 1.68. The van der Waals surface area contributed by atoms with Gasteiger partial charge in [-0.15, -0.1) is 0 Å². The van der Waals surface area contributed by atoms with Crippen molar-refractivity contribution in [2.45, 2.75) is 33.2 Å². The highest BCUT2D eigenvalue weighted by atomic mass is 16.5. The van der Waals surface area contributed by atoms with Crippen LogP contribution >= 0.6 is 0 Å². The molecule has 1 rings (SSSR count). The standard InChI is InChI=1S/C15H25NO2/c1-5-8-16-13(3)14-6-7-15(12(2)11-14)18-10-9-17-4/h6-7,11,13,16H,5,8-10H2,1-4H3. The minimum absolute atomic E-state index is 0.386. The van der Waals surface area contributed by atoms with E-state index in [1.165, 1.54) is 11.1 Å². The van der Waals surface area contributed by atoms with E-state index in [-0.39, 0.29) is 0 Å². The Morgan fingerprint density at radius 2 is 2.06 bits per heavy atom. The van der Waals surface area contributed by atoms with Crippen LogP contribution in [-0.4, -0.2) is 26.9 Å². The van der Waals surface area contributed by atoms with Gasteiger partial charge in [0.2, 0.25) is 0 Å². The van der Waals surface area contributed by atoms with Crippen LogP contribution in [0.2, 0.25) is 0 Å². The lowest BCUT2D eigenvalue weighted by atomic mass is 10.0. The third-order valence-electron chi connectivity index (χ3n) is 2.94. The zero-order chi connectivity index (χ0) is 13.4. The molecule has 0 fully saturated rings. The minimum Gasteiger partial charge on any atom is -0.491 e. The molecule has 0 amide bonds. The Balaban J connectivity index is 2.60. The number of ether oxygens (including phenoxy) is 2. The van der Waals surface area contributed by atoms with Crippen molar-refractivity contribution in [2.24, 2.45) is 0 Å². The topological polar surface area (TPSA) is 30.5 Å². The second-order valence-electron chi connectivity index (χ2n) is 4.54. The van der Waals surface area contributed by atoms with E-state index < -0.39 is 0 Å². The van der Waals surface area contributed by atoms with Gasteiger partial charge in [-0.1, -0.05) is 19.1 Å². The van der Waals surface area contributed by atoms with Crippen molar-refractivity contribution in [2.75, 3.05) is 26.9 Å². The van der Waals surface area contributed by atoms with Crippen LogP contribution < -0.4 is 10.1 Å². The Morgan fingerprint density at radius 1 is 1.28 bits per heavy atom. The van der Waals surface area contributed by atoms with Crippen molar-refractivity contribution in [3.63, 3.8) is 0 Å². The van der Waals surface area contributed by atoms with Crippen molar-refractivity contribution in [3.05, 3.63) is 29.3 Å². The smallest absolute Gasteiger partial charge is 0.122 e. The molecular weight excluding hydrogens is 226 g/mol. The molecule has 0 saturated carbocycles. The van der Waals surface area contributed by atoms with Gasteiger partial charge in [0.15, 0.2) is 0 Å². The number of nitrogens with one attached hydrogen (secondary N) is 1. The van der Waals surface area contributed by atoms with Crippen molar-refractivity contribution in [1.29, 1.82) is 0 Å². The van der Waals surface area contributed by atoms with Crippen LogP contribution in [0, 0.1) is 6.92 Å². The molecule has 1 aromatic rings. The molecule has 102 valence electrons. The first-order chi connectivity index (χ1) is 8.69. The Bertz CT molecular complexity index is 352. The van der Waals surface area contributed by atoms with E-state index in [1.807, 2.05) is 6.07 Å². The van der Waals surface area contributed by atoms with E-state index in [2.05, 4.69) is 38.2 Å². The first kappa shape index (κ1) is 15.0. The van der Waals surface area contributed by atoms with Crippen LogP contribution in [-0.2, 0) is 4.74 Å². The SMILES string of the molecule is CCCNC(C)c1ccc(OCCOC)c(C)c1. The average molecular weight is 251 g/mol. The first-order valence-electron chi connectivity index (χ1n) is 6.64. The van der Waals surface area contributed by atoms with Crippen molar-refractivity contribution in [1.82, 2.24) is 5.32 Å². The molecule has 3 nitrogen and oxygen atoms in total. The van der Waals surface area contributed by atoms with Crippen LogP contribution in [0.1, 0.15) is 37.4 Å². The fourth-order valence-corrected chi connectivity index (χ4v) is 1.82. The largest absolute Gasteiger partial charge is 0.491 e. The number of rotatable bonds is 8. The summed E-state index contributed by atoms with van der Waals surface area (Å²) in [6, 6.07) is 6.75. The predicted molar refractivity (Wildman–Crippen MR) is 75.3 cm³/mol. The van der Waals surface area contributed by atoms with E-state index in [4.69, 9.17) is 9.47 Å². The Kier molecular flexibility index (Phi) is 6.76. The van der Waals surface area contributed by atoms with Gasteiger partial charge in [0.05, 0.1) is 6.61 Å². The van der Waals surface area contributed by atoms with Gasteiger partial charge < -0.3 is 14.8 Å². The third kappa shape index (κ3) is 4.67. The van der Waals surface area contributed by atoms with E-state index >= 15 is 0 Å². The first-order valence-corrected chi connectivity index (χ1v) is 6.64. The Labute approximate surface area is 110 Å². The number of methoxy groups -OCH3 is 1. The lowest BCUT2D eigenvalue weighted by molar-refractivity contribution is 0.146. The maximum atomic E-state index is 5.65. The van der Waals surface area contributed by atoms with Gasteiger partial charge in [-0.2, -0.15) is 0 Å². The number of benzene rings is 1. The monoisotopic (exact) mass is 251 g/mol. The van der Waals surface area contributed by atoms with E-state index in [0.29, 0.717) is 19.3 Å². The maximum absolute atomic E-state index is 5.65. The van der Waals surface area contributed by atoms with Gasteiger partial charge in [-0.3, -0.25) is 0 Å². The molecule has 1 N–H and O–H groups in total. The second kappa shape index (κ2) is 8.11. The zero-order valence-corrected chi connectivity index (χ0v) is 12.0. The zero-order valence-electron chi connectivity index (χ0n) is 12.0. The molecule has 1 atom stereocenters. The summed E-state index contributed by atoms with van der Waals surface area (Å²) in [5.41, 5.74) is 2.48. The quantitative estimate of drug-likeness (QED) is 0.720. The summed E-state index contributed by atoms with van der Waals surface area (Å²) < 4.78 is 10.6. The van der Waals surface area contributed by atoms with Gasteiger partial charge >= 0.3 is 0 Å². The molecular formula is C15H25NO2. The van der Waals surface area contributed by atoms with E-state index in [9.17, 15) is 0 Å². The molecule has 0 aromatic heterocycles. The highest BCUT2D eigenvalue weighted by Gasteiger charge is 2.07. The number of hydrogen-bond donors (Lipinski definition) is 1. The van der Waals surface area contributed by atoms with Gasteiger partial charge in [0.25, 0.3) is 0 Å². The minimum atomic E-state index is 0.386. The molecule has 0 bridgehead atoms. The molecule has 0 radical (unpaired) electrons. The normalized spacial score (nSPS) is 12.4. The lowest BCUT2D eigenvalue weighted by Gasteiger charge is -2.16. The second-order valence-corrected chi connectivity index (χ2v) is 4.54. The van der Waals surface area contributed by atoms with Gasteiger partial charge in [0, 0.05) is 13.2 Å². The van der Waals surface area contributed by atoms with Crippen LogP contribution in [0.3, 0.4) is 0 Å². The summed E-state index contributed by atoms with van der Waals surface area (Å²) >= 11 is 0. The molecule has 1 unspecified atom stereocenters. The molecule has 0 aliphatic carbocycles. The molecule has 0 aliphatic heterocycles. The molecule has 18 heavy (non-hydrogen) atoms. The molecule has 0 aliphatic rings. The number of aryl methyl sites for hydroxylation is 1.